The number of ketones is 2. The third kappa shape index (κ3) is 22.2. The van der Waals surface area contributed by atoms with Gasteiger partial charge in [-0.05, 0) is 39.5 Å². The predicted molar refractivity (Wildman–Crippen MR) is 103 cm³/mol. The van der Waals surface area contributed by atoms with Gasteiger partial charge in [0.2, 0.25) is 0 Å². The van der Waals surface area contributed by atoms with Gasteiger partial charge < -0.3 is 0 Å². The van der Waals surface area contributed by atoms with Crippen LogP contribution < -0.4 is 0 Å². The number of rotatable bonds is 12. The fourth-order valence-electron chi connectivity index (χ4n) is 1.74. The van der Waals surface area contributed by atoms with Gasteiger partial charge in [0, 0.05) is 12.8 Å². The van der Waals surface area contributed by atoms with Crippen LogP contribution in [-0.2, 0) is 38.7 Å². The van der Waals surface area contributed by atoms with E-state index in [1.165, 1.54) is 0 Å². The monoisotopic (exact) mass is 404 g/mol. The smallest absolute Gasteiger partial charge is 0.299 e. The summed E-state index contributed by atoms with van der Waals surface area (Å²) in [4.78, 5) is 62.3. The van der Waals surface area contributed by atoms with E-state index in [2.05, 4.69) is 19.6 Å². The van der Waals surface area contributed by atoms with Crippen LogP contribution in [0.15, 0.2) is 0 Å². The molecule has 0 N–H and O–H groups in total. The quantitative estimate of drug-likeness (QED) is 0.275. The molecule has 0 rings (SSSR count). The van der Waals surface area contributed by atoms with Crippen molar-refractivity contribution in [3.05, 3.63) is 0 Å². The van der Waals surface area contributed by atoms with Crippen LogP contribution in [0, 0.1) is 11.8 Å². The Kier molecular flexibility index (Phi) is 16.4. The van der Waals surface area contributed by atoms with E-state index in [1.807, 2.05) is 27.7 Å². The maximum absolute atomic E-state index is 11.2. The normalized spacial score (nSPS) is 10.7. The predicted octanol–water partition coefficient (Wildman–Crippen LogP) is 3.75. The fourth-order valence-corrected chi connectivity index (χ4v) is 1.74. The van der Waals surface area contributed by atoms with Crippen molar-refractivity contribution in [2.75, 3.05) is 0 Å². The third-order valence-corrected chi connectivity index (χ3v) is 2.62. The van der Waals surface area contributed by atoms with Crippen LogP contribution in [0.25, 0.3) is 0 Å². The average Bonchev–Trinajstić information content (AvgIpc) is 2.49. The Labute approximate surface area is 168 Å². The molecule has 0 aliphatic heterocycles. The van der Waals surface area contributed by atoms with Gasteiger partial charge in [-0.2, -0.15) is 9.78 Å². The molecule has 0 saturated carbocycles. The van der Waals surface area contributed by atoms with Crippen LogP contribution in [0.3, 0.4) is 0 Å². The Balaban J connectivity index is 0. The Morgan fingerprint density at radius 1 is 0.571 bits per heavy atom. The largest absolute Gasteiger partial charge is 0.349 e. The minimum absolute atomic E-state index is 0.114. The highest BCUT2D eigenvalue weighted by Gasteiger charge is 2.14. The molecular weight excluding hydrogens is 368 g/mol. The number of hydrogen-bond donors (Lipinski definition) is 0. The van der Waals surface area contributed by atoms with E-state index in [0.717, 1.165) is 0 Å². The Hall–Kier alpha value is -1.80. The molecule has 0 fully saturated rings. The van der Waals surface area contributed by atoms with E-state index < -0.39 is 11.9 Å². The van der Waals surface area contributed by atoms with Crippen molar-refractivity contribution in [3.8, 4) is 0 Å². The number of hydrogen-bond acceptors (Lipinski definition) is 8. The molecule has 28 heavy (non-hydrogen) atoms. The van der Waals surface area contributed by atoms with Gasteiger partial charge in [-0.25, -0.2) is 9.59 Å². The molecule has 164 valence electrons. The summed E-state index contributed by atoms with van der Waals surface area (Å²) in [6, 6.07) is 0. The molecule has 0 aromatic rings. The molecule has 0 radical (unpaired) electrons. The second-order valence-electron chi connectivity index (χ2n) is 7.83. The van der Waals surface area contributed by atoms with Crippen LogP contribution in [-0.4, -0.2) is 35.7 Å². The van der Waals surface area contributed by atoms with Gasteiger partial charge >= 0.3 is 11.9 Å². The van der Waals surface area contributed by atoms with Crippen LogP contribution in [0.4, 0.5) is 0 Å². The molecule has 0 unspecified atom stereocenters. The summed E-state index contributed by atoms with van der Waals surface area (Å²) >= 11 is 0. The van der Waals surface area contributed by atoms with Crippen LogP contribution in [0.2, 0.25) is 0 Å². The Bertz CT molecular complexity index is 437. The molecule has 0 atom stereocenters. The average molecular weight is 405 g/mol. The molecule has 0 aromatic carbocycles. The Morgan fingerprint density at radius 2 is 0.857 bits per heavy atom. The summed E-state index contributed by atoms with van der Waals surface area (Å²) < 4.78 is 0. The van der Waals surface area contributed by atoms with Crippen LogP contribution in [0.1, 0.15) is 81.1 Å². The topological polar surface area (TPSA) is 105 Å². The number of carbonyl (C=O) groups is 4. The minimum Gasteiger partial charge on any atom is -0.299 e. The van der Waals surface area contributed by atoms with E-state index >= 15 is 0 Å². The first-order valence-electron chi connectivity index (χ1n) is 9.59. The summed E-state index contributed by atoms with van der Waals surface area (Å²) in [6.07, 6.45) is 0.0295. The molecule has 0 bridgehead atoms. The van der Waals surface area contributed by atoms with Crippen molar-refractivity contribution in [1.82, 2.24) is 0 Å². The lowest BCUT2D eigenvalue weighted by Crippen LogP contribution is -2.15. The zero-order valence-electron chi connectivity index (χ0n) is 18.4. The third-order valence-electron chi connectivity index (χ3n) is 2.62. The summed E-state index contributed by atoms with van der Waals surface area (Å²) in [6.45, 7) is 14.7. The SMILES string of the molecule is CC(C)CC(=O)CC(=O)OOC(C)C.CC(C)CC(=O)CC(=O)OOC(C)C. The summed E-state index contributed by atoms with van der Waals surface area (Å²) in [7, 11) is 0. The number of carbonyl (C=O) groups excluding carboxylic acids is 4. The van der Waals surface area contributed by atoms with Crippen molar-refractivity contribution in [2.24, 2.45) is 11.8 Å². The van der Waals surface area contributed by atoms with E-state index in [9.17, 15) is 19.2 Å². The van der Waals surface area contributed by atoms with Crippen molar-refractivity contribution in [2.45, 2.75) is 93.3 Å². The second kappa shape index (κ2) is 16.2. The van der Waals surface area contributed by atoms with Gasteiger partial charge in [0.25, 0.3) is 0 Å². The zero-order valence-corrected chi connectivity index (χ0v) is 18.4. The molecule has 0 aliphatic carbocycles. The fraction of sp³-hybridized carbons (Fsp3) is 0.800. The highest BCUT2D eigenvalue weighted by Crippen LogP contribution is 2.05. The molecule has 0 amide bonds. The van der Waals surface area contributed by atoms with Gasteiger partial charge in [-0.15, -0.1) is 0 Å². The molecule has 8 heteroatoms. The van der Waals surface area contributed by atoms with Crippen molar-refractivity contribution in [1.29, 1.82) is 0 Å². The number of Topliss-reactive ketones (excluding diaryl/α,β-unsaturated/α-hetero) is 2. The summed E-state index contributed by atoms with van der Waals surface area (Å²) in [5, 5.41) is 0. The Morgan fingerprint density at radius 3 is 1.07 bits per heavy atom. The summed E-state index contributed by atoms with van der Waals surface area (Å²) in [5.41, 5.74) is 0. The molecule has 8 nitrogen and oxygen atoms in total. The highest BCUT2D eigenvalue weighted by atomic mass is 17.2. The van der Waals surface area contributed by atoms with E-state index in [4.69, 9.17) is 0 Å². The maximum Gasteiger partial charge on any atom is 0.349 e. The van der Waals surface area contributed by atoms with E-state index in [1.54, 1.807) is 27.7 Å². The summed E-state index contributed by atoms with van der Waals surface area (Å²) in [5.74, 6) is -0.939. The van der Waals surface area contributed by atoms with Crippen molar-refractivity contribution in [3.63, 3.8) is 0 Å². The van der Waals surface area contributed by atoms with Gasteiger partial charge in [-0.3, -0.25) is 19.4 Å². The lowest BCUT2D eigenvalue weighted by molar-refractivity contribution is -0.291. The molecular formula is C20H36O8. The van der Waals surface area contributed by atoms with Crippen LogP contribution in [0.5, 0.6) is 0 Å². The molecule has 0 saturated heterocycles. The first kappa shape index (κ1) is 28.4. The standard InChI is InChI=1S/2C10H18O4/c2*1-7(2)5-9(11)6-10(12)14-13-8(3)4/h2*7-8H,5-6H2,1-4H3. The van der Waals surface area contributed by atoms with Gasteiger partial charge in [0.1, 0.15) is 24.4 Å². The first-order valence-corrected chi connectivity index (χ1v) is 9.59. The van der Waals surface area contributed by atoms with Gasteiger partial charge in [-0.1, -0.05) is 27.7 Å². The minimum atomic E-state index is -0.621. The molecule has 0 aromatic heterocycles. The lowest BCUT2D eigenvalue weighted by atomic mass is 10.1. The molecule has 0 spiro atoms. The second-order valence-corrected chi connectivity index (χ2v) is 7.83. The van der Waals surface area contributed by atoms with Crippen molar-refractivity contribution < 1.29 is 38.7 Å². The zero-order chi connectivity index (χ0) is 22.3. The molecule has 0 aliphatic rings. The first-order chi connectivity index (χ1) is 12.8. The van der Waals surface area contributed by atoms with E-state index in [-0.39, 0.29) is 48.5 Å². The van der Waals surface area contributed by atoms with E-state index in [0.29, 0.717) is 12.8 Å². The lowest BCUT2D eigenvalue weighted by Gasteiger charge is -2.06. The molecule has 0 heterocycles. The van der Waals surface area contributed by atoms with Gasteiger partial charge in [0.15, 0.2) is 0 Å². The van der Waals surface area contributed by atoms with Crippen LogP contribution >= 0.6 is 0 Å². The highest BCUT2D eigenvalue weighted by molar-refractivity contribution is 5.95. The van der Waals surface area contributed by atoms with Crippen molar-refractivity contribution >= 4 is 23.5 Å². The van der Waals surface area contributed by atoms with Gasteiger partial charge in [0.05, 0.1) is 12.2 Å². The maximum atomic E-state index is 11.2.